The predicted molar refractivity (Wildman–Crippen MR) is 97.4 cm³/mol. The molecule has 5 nitrogen and oxygen atoms in total. The lowest BCUT2D eigenvalue weighted by Crippen LogP contribution is -1.97. The fraction of sp³-hybridized carbons (Fsp3) is 0. The van der Waals surface area contributed by atoms with Crippen LogP contribution in [-0.4, -0.2) is 25.7 Å². The third-order valence-corrected chi connectivity index (χ3v) is 4.41. The third-order valence-electron chi connectivity index (χ3n) is 4.41. The highest BCUT2D eigenvalue weighted by molar-refractivity contribution is 6.21. The van der Waals surface area contributed by atoms with Gasteiger partial charge in [0, 0.05) is 35.9 Å². The van der Waals surface area contributed by atoms with E-state index in [0.717, 1.165) is 22.5 Å². The summed E-state index contributed by atoms with van der Waals surface area (Å²) in [5, 5.41) is 0. The van der Waals surface area contributed by atoms with Gasteiger partial charge in [-0.25, -0.2) is 0 Å². The van der Waals surface area contributed by atoms with E-state index in [9.17, 15) is 4.79 Å². The molecule has 4 heterocycles. The Morgan fingerprint density at radius 1 is 0.615 bits per heavy atom. The van der Waals surface area contributed by atoms with Crippen LogP contribution in [0.25, 0.3) is 33.9 Å². The van der Waals surface area contributed by atoms with Crippen molar-refractivity contribution in [3.8, 4) is 33.9 Å². The van der Waals surface area contributed by atoms with E-state index < -0.39 is 0 Å². The fourth-order valence-electron chi connectivity index (χ4n) is 3.15. The van der Waals surface area contributed by atoms with Crippen molar-refractivity contribution in [3.63, 3.8) is 0 Å². The lowest BCUT2D eigenvalue weighted by atomic mass is 10.1. The highest BCUT2D eigenvalue weighted by atomic mass is 16.1. The first-order valence-corrected chi connectivity index (χ1v) is 8.19. The first-order valence-electron chi connectivity index (χ1n) is 8.19. The van der Waals surface area contributed by atoms with Crippen molar-refractivity contribution in [2.75, 3.05) is 0 Å². The standard InChI is InChI=1S/C21H12N4O/c26-21-15-9-13(17-5-1-3-7-22-17)11-24-19(15)20-16(21)10-14(12-25-20)18-6-2-4-8-23-18/h1-12H. The second kappa shape index (κ2) is 5.67. The summed E-state index contributed by atoms with van der Waals surface area (Å²) in [5.74, 6) is -0.0643. The van der Waals surface area contributed by atoms with Gasteiger partial charge in [0.05, 0.1) is 22.5 Å². The highest BCUT2D eigenvalue weighted by Crippen LogP contribution is 2.36. The van der Waals surface area contributed by atoms with Crippen LogP contribution in [0.3, 0.4) is 0 Å². The zero-order valence-corrected chi connectivity index (χ0v) is 13.6. The number of carbonyl (C=O) groups excluding carboxylic acids is 1. The molecule has 0 saturated heterocycles. The minimum absolute atomic E-state index is 0.0643. The Balaban J connectivity index is 1.61. The number of rotatable bonds is 2. The minimum atomic E-state index is -0.0643. The molecule has 0 saturated carbocycles. The summed E-state index contributed by atoms with van der Waals surface area (Å²) < 4.78 is 0. The average Bonchev–Trinajstić information content (AvgIpc) is 3.01. The molecule has 0 atom stereocenters. The van der Waals surface area contributed by atoms with Gasteiger partial charge >= 0.3 is 0 Å². The zero-order valence-electron chi connectivity index (χ0n) is 13.6. The summed E-state index contributed by atoms with van der Waals surface area (Å²) in [6, 6.07) is 15.0. The van der Waals surface area contributed by atoms with Gasteiger partial charge in [-0.3, -0.25) is 24.7 Å². The van der Waals surface area contributed by atoms with Crippen molar-refractivity contribution >= 4 is 5.78 Å². The van der Waals surface area contributed by atoms with Gasteiger partial charge in [0.25, 0.3) is 0 Å². The maximum atomic E-state index is 12.9. The number of fused-ring (bicyclic) bond motifs is 3. The first-order chi connectivity index (χ1) is 12.8. The average molecular weight is 336 g/mol. The summed E-state index contributed by atoms with van der Waals surface area (Å²) in [6.45, 7) is 0. The van der Waals surface area contributed by atoms with E-state index in [4.69, 9.17) is 0 Å². The largest absolute Gasteiger partial charge is 0.288 e. The van der Waals surface area contributed by atoms with Crippen LogP contribution in [0, 0.1) is 0 Å². The lowest BCUT2D eigenvalue weighted by molar-refractivity contribution is 0.104. The first kappa shape index (κ1) is 14.6. The second-order valence-corrected chi connectivity index (χ2v) is 6.00. The summed E-state index contributed by atoms with van der Waals surface area (Å²) in [4.78, 5) is 30.6. The van der Waals surface area contributed by atoms with Gasteiger partial charge in [0.15, 0.2) is 5.78 Å². The molecule has 5 rings (SSSR count). The van der Waals surface area contributed by atoms with Crippen molar-refractivity contribution < 1.29 is 4.79 Å². The van der Waals surface area contributed by atoms with Crippen LogP contribution in [0.4, 0.5) is 0 Å². The molecule has 0 radical (unpaired) electrons. The molecule has 5 heteroatoms. The summed E-state index contributed by atoms with van der Waals surface area (Å²) in [5.41, 5.74) is 5.57. The molecular weight excluding hydrogens is 324 g/mol. The van der Waals surface area contributed by atoms with E-state index >= 15 is 0 Å². The van der Waals surface area contributed by atoms with E-state index in [1.165, 1.54) is 0 Å². The smallest absolute Gasteiger partial charge is 0.197 e. The molecule has 26 heavy (non-hydrogen) atoms. The van der Waals surface area contributed by atoms with Gasteiger partial charge in [-0.05, 0) is 36.4 Å². The predicted octanol–water partition coefficient (Wildman–Crippen LogP) is 3.81. The van der Waals surface area contributed by atoms with Gasteiger partial charge in [0.1, 0.15) is 11.4 Å². The Hall–Kier alpha value is -3.73. The molecule has 4 aromatic heterocycles. The van der Waals surface area contributed by atoms with Crippen LogP contribution in [0.5, 0.6) is 0 Å². The molecule has 0 spiro atoms. The normalized spacial score (nSPS) is 11.9. The Bertz CT molecular complexity index is 1050. The fourth-order valence-corrected chi connectivity index (χ4v) is 3.15. The minimum Gasteiger partial charge on any atom is -0.288 e. The monoisotopic (exact) mass is 336 g/mol. The molecule has 0 amide bonds. The van der Waals surface area contributed by atoms with Crippen LogP contribution < -0.4 is 0 Å². The number of ketones is 1. The van der Waals surface area contributed by atoms with E-state index in [2.05, 4.69) is 19.9 Å². The van der Waals surface area contributed by atoms with Crippen molar-refractivity contribution in [1.29, 1.82) is 0 Å². The summed E-state index contributed by atoms with van der Waals surface area (Å²) in [6.07, 6.45) is 6.91. The molecule has 0 aliphatic heterocycles. The maximum absolute atomic E-state index is 12.9. The molecule has 0 bridgehead atoms. The van der Waals surface area contributed by atoms with Gasteiger partial charge in [-0.15, -0.1) is 0 Å². The molecule has 0 N–H and O–H groups in total. The Labute approximate surface area is 149 Å². The van der Waals surface area contributed by atoms with Crippen LogP contribution in [0.2, 0.25) is 0 Å². The van der Waals surface area contributed by atoms with E-state index in [-0.39, 0.29) is 5.78 Å². The van der Waals surface area contributed by atoms with Gasteiger partial charge in [-0.1, -0.05) is 12.1 Å². The topological polar surface area (TPSA) is 68.6 Å². The molecular formula is C21H12N4O. The molecule has 122 valence electrons. The molecule has 0 fully saturated rings. The van der Waals surface area contributed by atoms with E-state index in [1.54, 1.807) is 24.8 Å². The quantitative estimate of drug-likeness (QED) is 0.490. The zero-order chi connectivity index (χ0) is 17.5. The summed E-state index contributed by atoms with van der Waals surface area (Å²) >= 11 is 0. The summed E-state index contributed by atoms with van der Waals surface area (Å²) in [7, 11) is 0. The van der Waals surface area contributed by atoms with Gasteiger partial charge < -0.3 is 0 Å². The van der Waals surface area contributed by atoms with E-state index in [0.29, 0.717) is 22.5 Å². The Kier molecular flexibility index (Phi) is 3.18. The number of hydrogen-bond acceptors (Lipinski definition) is 5. The second-order valence-electron chi connectivity index (χ2n) is 6.00. The molecule has 0 unspecified atom stereocenters. The van der Waals surface area contributed by atoms with Crippen LogP contribution in [0.1, 0.15) is 15.9 Å². The number of carbonyl (C=O) groups is 1. The number of nitrogens with zero attached hydrogens (tertiary/aromatic N) is 4. The van der Waals surface area contributed by atoms with Crippen molar-refractivity contribution in [3.05, 3.63) is 84.4 Å². The Morgan fingerprint density at radius 2 is 1.12 bits per heavy atom. The Morgan fingerprint density at radius 3 is 1.54 bits per heavy atom. The number of pyridine rings is 4. The van der Waals surface area contributed by atoms with Crippen LogP contribution in [-0.2, 0) is 0 Å². The van der Waals surface area contributed by atoms with Crippen molar-refractivity contribution in [2.45, 2.75) is 0 Å². The van der Waals surface area contributed by atoms with Crippen LogP contribution >= 0.6 is 0 Å². The molecule has 1 aliphatic rings. The van der Waals surface area contributed by atoms with Gasteiger partial charge in [-0.2, -0.15) is 0 Å². The third kappa shape index (κ3) is 2.22. The SMILES string of the molecule is O=C1c2cc(-c3ccccn3)cnc2-c2ncc(-c3ccccn3)cc21. The molecule has 0 aromatic carbocycles. The lowest BCUT2D eigenvalue weighted by Gasteiger charge is -2.03. The molecule has 4 aromatic rings. The van der Waals surface area contributed by atoms with Gasteiger partial charge in [0.2, 0.25) is 0 Å². The van der Waals surface area contributed by atoms with Crippen LogP contribution in [0.15, 0.2) is 73.3 Å². The van der Waals surface area contributed by atoms with E-state index in [1.807, 2.05) is 48.5 Å². The number of hydrogen-bond donors (Lipinski definition) is 0. The van der Waals surface area contributed by atoms with Crippen molar-refractivity contribution in [2.24, 2.45) is 0 Å². The molecule has 1 aliphatic carbocycles. The number of aromatic nitrogens is 4. The maximum Gasteiger partial charge on any atom is 0.197 e. The highest BCUT2D eigenvalue weighted by Gasteiger charge is 2.30. The van der Waals surface area contributed by atoms with Crippen molar-refractivity contribution in [1.82, 2.24) is 19.9 Å².